The number of benzene rings is 2. The minimum Gasteiger partial charge on any atom is -0.494 e. The van der Waals surface area contributed by atoms with Crippen LogP contribution in [0.2, 0.25) is 0 Å². The molecular weight excluding hydrogens is 350 g/mol. The van der Waals surface area contributed by atoms with E-state index in [4.69, 9.17) is 14.5 Å². The van der Waals surface area contributed by atoms with Crippen LogP contribution in [0.15, 0.2) is 59.1 Å². The van der Waals surface area contributed by atoms with Gasteiger partial charge in [0.1, 0.15) is 22.8 Å². The number of carbonyl (C=O) groups excluding carboxylic acids is 1. The van der Waals surface area contributed by atoms with Crippen LogP contribution in [-0.4, -0.2) is 23.7 Å². The van der Waals surface area contributed by atoms with Gasteiger partial charge in [-0.05, 0) is 57.4 Å². The number of hydrogen-bond donors (Lipinski definition) is 0. The lowest BCUT2D eigenvalue weighted by Crippen LogP contribution is -2.34. The van der Waals surface area contributed by atoms with Crippen molar-refractivity contribution in [3.63, 3.8) is 0 Å². The third kappa shape index (κ3) is 3.47. The average Bonchev–Trinajstić information content (AvgIpc) is 2.70. The maximum Gasteiger partial charge on any atom is 0.211 e. The lowest BCUT2D eigenvalue weighted by Gasteiger charge is -2.36. The number of allylic oxidation sites excluding steroid dienone is 1. The summed E-state index contributed by atoms with van der Waals surface area (Å²) in [5.41, 5.74) is 3.47. The number of rotatable bonds is 4. The van der Waals surface area contributed by atoms with Crippen LogP contribution in [0.3, 0.4) is 0 Å². The highest BCUT2D eigenvalue weighted by atomic mass is 16.5. The van der Waals surface area contributed by atoms with Crippen LogP contribution in [0, 0.1) is 0 Å². The van der Waals surface area contributed by atoms with E-state index in [9.17, 15) is 4.79 Å². The number of nitrogens with zero attached hydrogens (tertiary/aromatic N) is 1. The highest BCUT2D eigenvalue weighted by Crippen LogP contribution is 2.41. The zero-order valence-corrected chi connectivity index (χ0v) is 16.6. The molecule has 0 fully saturated rings. The maximum atomic E-state index is 13.3. The van der Waals surface area contributed by atoms with Gasteiger partial charge in [0.05, 0.1) is 12.3 Å². The Morgan fingerprint density at radius 1 is 1.07 bits per heavy atom. The molecule has 2 aromatic carbocycles. The van der Waals surface area contributed by atoms with Gasteiger partial charge in [0, 0.05) is 16.7 Å². The monoisotopic (exact) mass is 375 g/mol. The Morgan fingerprint density at radius 2 is 1.79 bits per heavy atom. The molecule has 0 spiro atoms. The fraction of sp³-hybridized carbons (Fsp3) is 0.333. The summed E-state index contributed by atoms with van der Waals surface area (Å²) in [4.78, 5) is 18.0. The van der Waals surface area contributed by atoms with E-state index in [-0.39, 0.29) is 11.4 Å². The molecule has 4 nitrogen and oxygen atoms in total. The van der Waals surface area contributed by atoms with Gasteiger partial charge in [0.15, 0.2) is 0 Å². The first kappa shape index (κ1) is 18.5. The SMILES string of the molecule is CCCOc1ccc(N=C2C(=O)C3=C(OC(C)(C)CC3)c3ccccc32)cc1. The molecule has 0 atom stereocenters. The third-order valence-electron chi connectivity index (χ3n) is 5.10. The summed E-state index contributed by atoms with van der Waals surface area (Å²) >= 11 is 0. The number of carbonyl (C=O) groups is 1. The van der Waals surface area contributed by atoms with Crippen molar-refractivity contribution >= 4 is 22.9 Å². The van der Waals surface area contributed by atoms with Crippen LogP contribution in [0.5, 0.6) is 5.75 Å². The van der Waals surface area contributed by atoms with Gasteiger partial charge in [-0.3, -0.25) is 4.79 Å². The van der Waals surface area contributed by atoms with Crippen molar-refractivity contribution in [1.82, 2.24) is 0 Å². The Balaban J connectivity index is 1.74. The van der Waals surface area contributed by atoms with E-state index < -0.39 is 0 Å². The van der Waals surface area contributed by atoms with Gasteiger partial charge in [-0.2, -0.15) is 0 Å². The molecule has 0 amide bonds. The van der Waals surface area contributed by atoms with E-state index in [0.717, 1.165) is 46.7 Å². The fourth-order valence-electron chi connectivity index (χ4n) is 3.59. The Morgan fingerprint density at radius 3 is 2.50 bits per heavy atom. The van der Waals surface area contributed by atoms with Crippen molar-refractivity contribution in [3.05, 3.63) is 65.2 Å². The molecule has 2 aliphatic rings. The molecule has 4 rings (SSSR count). The van der Waals surface area contributed by atoms with E-state index in [2.05, 4.69) is 20.8 Å². The fourth-order valence-corrected chi connectivity index (χ4v) is 3.59. The largest absolute Gasteiger partial charge is 0.494 e. The minimum absolute atomic E-state index is 0.0319. The van der Waals surface area contributed by atoms with Crippen LogP contribution < -0.4 is 4.74 Å². The molecule has 0 radical (unpaired) electrons. The summed E-state index contributed by atoms with van der Waals surface area (Å²) in [5.74, 6) is 1.50. The summed E-state index contributed by atoms with van der Waals surface area (Å²) in [5, 5.41) is 0. The second kappa shape index (κ2) is 7.27. The van der Waals surface area contributed by atoms with Gasteiger partial charge in [-0.1, -0.05) is 31.2 Å². The summed E-state index contributed by atoms with van der Waals surface area (Å²) in [7, 11) is 0. The smallest absolute Gasteiger partial charge is 0.211 e. The standard InChI is InChI=1S/C24H25NO3/c1-4-15-27-17-11-9-16(10-12-17)25-21-18-7-5-6-8-19(18)23-20(22(21)26)13-14-24(2,3)28-23/h5-12H,4,13-15H2,1-3H3. The zero-order chi connectivity index (χ0) is 19.7. The molecule has 144 valence electrons. The van der Waals surface area contributed by atoms with Crippen LogP contribution in [0.4, 0.5) is 5.69 Å². The number of ketones is 1. The van der Waals surface area contributed by atoms with E-state index in [1.807, 2.05) is 48.5 Å². The lowest BCUT2D eigenvalue weighted by molar-refractivity contribution is -0.110. The van der Waals surface area contributed by atoms with Gasteiger partial charge in [0.25, 0.3) is 0 Å². The van der Waals surface area contributed by atoms with Crippen molar-refractivity contribution in [2.24, 2.45) is 4.99 Å². The van der Waals surface area contributed by atoms with Crippen molar-refractivity contribution in [2.75, 3.05) is 6.61 Å². The summed E-state index contributed by atoms with van der Waals surface area (Å²) in [6.45, 7) is 6.89. The molecule has 0 bridgehead atoms. The first-order valence-electron chi connectivity index (χ1n) is 9.87. The second-order valence-electron chi connectivity index (χ2n) is 7.85. The van der Waals surface area contributed by atoms with Gasteiger partial charge < -0.3 is 9.47 Å². The number of hydrogen-bond acceptors (Lipinski definition) is 4. The number of Topliss-reactive ketones (excluding diaryl/α,β-unsaturated/α-hetero) is 1. The Kier molecular flexibility index (Phi) is 4.80. The lowest BCUT2D eigenvalue weighted by atomic mass is 9.82. The molecule has 28 heavy (non-hydrogen) atoms. The molecule has 0 N–H and O–H groups in total. The summed E-state index contributed by atoms with van der Waals surface area (Å²) in [6, 6.07) is 15.4. The summed E-state index contributed by atoms with van der Waals surface area (Å²) in [6.07, 6.45) is 2.49. The van der Waals surface area contributed by atoms with Crippen molar-refractivity contribution in [3.8, 4) is 5.75 Å². The number of ether oxygens (including phenoxy) is 2. The topological polar surface area (TPSA) is 47.9 Å². The first-order chi connectivity index (χ1) is 13.5. The van der Waals surface area contributed by atoms with E-state index in [1.54, 1.807) is 0 Å². The maximum absolute atomic E-state index is 13.3. The molecule has 1 aliphatic heterocycles. The highest BCUT2D eigenvalue weighted by molar-refractivity contribution is 6.54. The van der Waals surface area contributed by atoms with Gasteiger partial charge in [-0.15, -0.1) is 0 Å². The first-order valence-corrected chi connectivity index (χ1v) is 9.87. The Bertz CT molecular complexity index is 968. The van der Waals surface area contributed by atoms with Gasteiger partial charge in [0.2, 0.25) is 5.78 Å². The molecular formula is C24H25NO3. The number of aliphatic imine (C=N–C) groups is 1. The second-order valence-corrected chi connectivity index (χ2v) is 7.85. The van der Waals surface area contributed by atoms with E-state index in [1.165, 1.54) is 0 Å². The minimum atomic E-state index is -0.269. The van der Waals surface area contributed by atoms with Crippen molar-refractivity contribution < 1.29 is 14.3 Å². The van der Waals surface area contributed by atoms with E-state index >= 15 is 0 Å². The molecule has 0 unspecified atom stereocenters. The third-order valence-corrected chi connectivity index (χ3v) is 5.10. The molecule has 0 saturated heterocycles. The molecule has 1 heterocycles. The Hall–Kier alpha value is -2.88. The molecule has 1 aliphatic carbocycles. The van der Waals surface area contributed by atoms with Crippen LogP contribution in [0.1, 0.15) is 51.2 Å². The van der Waals surface area contributed by atoms with Crippen LogP contribution >= 0.6 is 0 Å². The van der Waals surface area contributed by atoms with Gasteiger partial charge >= 0.3 is 0 Å². The molecule has 4 heteroatoms. The molecule has 0 saturated carbocycles. The van der Waals surface area contributed by atoms with E-state index in [0.29, 0.717) is 18.7 Å². The quantitative estimate of drug-likeness (QED) is 0.711. The average molecular weight is 375 g/mol. The molecule has 0 aromatic heterocycles. The van der Waals surface area contributed by atoms with Crippen LogP contribution in [0.25, 0.3) is 5.76 Å². The summed E-state index contributed by atoms with van der Waals surface area (Å²) < 4.78 is 11.8. The predicted molar refractivity (Wildman–Crippen MR) is 111 cm³/mol. The molecule has 2 aromatic rings. The van der Waals surface area contributed by atoms with Crippen molar-refractivity contribution in [1.29, 1.82) is 0 Å². The van der Waals surface area contributed by atoms with Gasteiger partial charge in [-0.25, -0.2) is 4.99 Å². The predicted octanol–water partition coefficient (Wildman–Crippen LogP) is 5.48. The highest BCUT2D eigenvalue weighted by Gasteiger charge is 2.38. The normalized spacial score (nSPS) is 19.1. The zero-order valence-electron chi connectivity index (χ0n) is 16.6. The number of fused-ring (bicyclic) bond motifs is 2. The van der Waals surface area contributed by atoms with Crippen molar-refractivity contribution in [2.45, 2.75) is 45.6 Å². The van der Waals surface area contributed by atoms with Crippen LogP contribution in [-0.2, 0) is 9.53 Å². The Labute approximate surface area is 165 Å².